The van der Waals surface area contributed by atoms with Crippen LogP contribution in [0.25, 0.3) is 0 Å². The Labute approximate surface area is 69.7 Å². The fourth-order valence-electron chi connectivity index (χ4n) is 0.830. The zero-order valence-corrected chi connectivity index (χ0v) is 6.85. The van der Waals surface area contributed by atoms with Gasteiger partial charge in [0.05, 0.1) is 0 Å². The summed E-state index contributed by atoms with van der Waals surface area (Å²) in [7, 11) is 3.46. The average molecular weight is 167 g/mol. The predicted octanol–water partition coefficient (Wildman–Crippen LogP) is 0.241. The number of aromatic nitrogens is 2. The Kier molecular flexibility index (Phi) is 2.23. The van der Waals surface area contributed by atoms with Crippen molar-refractivity contribution in [2.45, 2.75) is 0 Å². The Balaban J connectivity index is 3.17. The molecule has 0 aliphatic heterocycles. The largest absolute Gasteiger partial charge is 0.477 e. The van der Waals surface area contributed by atoms with Crippen LogP contribution >= 0.6 is 0 Å². The molecule has 0 unspecified atom stereocenters. The van der Waals surface area contributed by atoms with E-state index in [1.807, 2.05) is 0 Å². The number of nitrogens with zero attached hydrogens (tertiary/aromatic N) is 3. The third kappa shape index (κ3) is 1.50. The van der Waals surface area contributed by atoms with E-state index in [1.54, 1.807) is 19.0 Å². The van der Waals surface area contributed by atoms with Crippen molar-refractivity contribution >= 4 is 11.8 Å². The molecule has 0 radical (unpaired) electrons. The molecular formula is C7H9N3O2. The van der Waals surface area contributed by atoms with Gasteiger partial charge in [0.25, 0.3) is 0 Å². The number of carboxylic acid groups (broad SMARTS) is 1. The third-order valence-corrected chi connectivity index (χ3v) is 1.35. The fraction of sp³-hybridized carbons (Fsp3) is 0.286. The number of carboxylic acids is 1. The van der Waals surface area contributed by atoms with Gasteiger partial charge < -0.3 is 10.0 Å². The van der Waals surface area contributed by atoms with Crippen molar-refractivity contribution in [2.24, 2.45) is 0 Å². The molecule has 0 atom stereocenters. The molecule has 0 aromatic carbocycles. The minimum Gasteiger partial charge on any atom is -0.477 e. The maximum absolute atomic E-state index is 10.6. The van der Waals surface area contributed by atoms with E-state index in [2.05, 4.69) is 9.97 Å². The van der Waals surface area contributed by atoms with Gasteiger partial charge in [-0.15, -0.1) is 0 Å². The zero-order valence-electron chi connectivity index (χ0n) is 6.85. The summed E-state index contributed by atoms with van der Waals surface area (Å²) in [5, 5.41) is 8.71. The first-order valence-corrected chi connectivity index (χ1v) is 3.33. The van der Waals surface area contributed by atoms with Crippen molar-refractivity contribution in [1.29, 1.82) is 0 Å². The van der Waals surface area contributed by atoms with Crippen LogP contribution in [0, 0.1) is 0 Å². The van der Waals surface area contributed by atoms with E-state index in [-0.39, 0.29) is 5.56 Å². The second kappa shape index (κ2) is 3.17. The molecule has 5 heteroatoms. The van der Waals surface area contributed by atoms with E-state index in [1.165, 1.54) is 12.5 Å². The van der Waals surface area contributed by atoms with E-state index >= 15 is 0 Å². The molecular weight excluding hydrogens is 158 g/mol. The highest BCUT2D eigenvalue weighted by molar-refractivity contribution is 5.92. The molecule has 1 rings (SSSR count). The van der Waals surface area contributed by atoms with Crippen LogP contribution in [-0.2, 0) is 0 Å². The molecule has 0 saturated carbocycles. The van der Waals surface area contributed by atoms with Crippen molar-refractivity contribution in [2.75, 3.05) is 19.0 Å². The molecule has 0 saturated heterocycles. The molecule has 0 aliphatic carbocycles. The molecule has 64 valence electrons. The lowest BCUT2D eigenvalue weighted by atomic mass is 10.3. The Bertz CT molecular complexity index is 298. The first kappa shape index (κ1) is 8.45. The van der Waals surface area contributed by atoms with Crippen LogP contribution in [0.4, 0.5) is 5.82 Å². The van der Waals surface area contributed by atoms with Gasteiger partial charge in [-0.25, -0.2) is 14.8 Å². The minimum atomic E-state index is -1.01. The summed E-state index contributed by atoms with van der Waals surface area (Å²) in [6.07, 6.45) is 2.60. The summed E-state index contributed by atoms with van der Waals surface area (Å²) in [5.41, 5.74) is 0.113. The molecule has 1 N–H and O–H groups in total. The van der Waals surface area contributed by atoms with Crippen LogP contribution in [0.3, 0.4) is 0 Å². The van der Waals surface area contributed by atoms with Gasteiger partial charge in [-0.05, 0) is 0 Å². The van der Waals surface area contributed by atoms with Crippen LogP contribution in [0.1, 0.15) is 10.4 Å². The Hall–Kier alpha value is -1.65. The van der Waals surface area contributed by atoms with Gasteiger partial charge in [0, 0.05) is 20.3 Å². The van der Waals surface area contributed by atoms with Gasteiger partial charge in [0.2, 0.25) is 0 Å². The standard InChI is InChI=1S/C7H9N3O2/c1-10(2)6-5(7(11)12)3-8-4-9-6/h3-4H,1-2H3,(H,11,12). The number of rotatable bonds is 2. The Morgan fingerprint density at radius 3 is 2.67 bits per heavy atom. The monoisotopic (exact) mass is 167 g/mol. The van der Waals surface area contributed by atoms with Crippen molar-refractivity contribution in [1.82, 2.24) is 9.97 Å². The highest BCUT2D eigenvalue weighted by Crippen LogP contribution is 2.11. The summed E-state index contributed by atoms with van der Waals surface area (Å²) in [6.45, 7) is 0. The summed E-state index contributed by atoms with van der Waals surface area (Å²) >= 11 is 0. The van der Waals surface area contributed by atoms with Gasteiger partial charge in [-0.1, -0.05) is 0 Å². The molecule has 12 heavy (non-hydrogen) atoms. The lowest BCUT2D eigenvalue weighted by Gasteiger charge is -2.12. The number of anilines is 1. The second-order valence-corrected chi connectivity index (χ2v) is 2.46. The van der Waals surface area contributed by atoms with Gasteiger partial charge in [-0.3, -0.25) is 0 Å². The topological polar surface area (TPSA) is 66.3 Å². The van der Waals surface area contributed by atoms with Crippen LogP contribution in [0.15, 0.2) is 12.5 Å². The molecule has 0 bridgehead atoms. The Morgan fingerprint density at radius 1 is 1.58 bits per heavy atom. The second-order valence-electron chi connectivity index (χ2n) is 2.46. The average Bonchev–Trinajstić information content (AvgIpc) is 2.04. The van der Waals surface area contributed by atoms with Crippen molar-refractivity contribution in [3.8, 4) is 0 Å². The van der Waals surface area contributed by atoms with Crippen molar-refractivity contribution < 1.29 is 9.90 Å². The third-order valence-electron chi connectivity index (χ3n) is 1.35. The highest BCUT2D eigenvalue weighted by atomic mass is 16.4. The maximum Gasteiger partial charge on any atom is 0.341 e. The quantitative estimate of drug-likeness (QED) is 0.683. The smallest absolute Gasteiger partial charge is 0.341 e. The normalized spacial score (nSPS) is 9.50. The van der Waals surface area contributed by atoms with Crippen LogP contribution in [-0.4, -0.2) is 35.1 Å². The van der Waals surface area contributed by atoms with Crippen LogP contribution < -0.4 is 4.90 Å². The molecule has 0 spiro atoms. The van der Waals surface area contributed by atoms with Crippen molar-refractivity contribution in [3.05, 3.63) is 18.1 Å². The first-order valence-electron chi connectivity index (χ1n) is 3.33. The van der Waals surface area contributed by atoms with E-state index < -0.39 is 5.97 Å². The highest BCUT2D eigenvalue weighted by Gasteiger charge is 2.11. The van der Waals surface area contributed by atoms with E-state index in [0.717, 1.165) is 0 Å². The molecule has 1 aromatic heterocycles. The number of aromatic carboxylic acids is 1. The first-order chi connectivity index (χ1) is 5.63. The molecule has 0 aliphatic rings. The number of carbonyl (C=O) groups is 1. The SMILES string of the molecule is CN(C)c1ncncc1C(=O)O. The summed E-state index contributed by atoms with van der Waals surface area (Å²) in [6, 6.07) is 0. The Morgan fingerprint density at radius 2 is 2.25 bits per heavy atom. The molecule has 0 fully saturated rings. The predicted molar refractivity (Wildman–Crippen MR) is 43.3 cm³/mol. The molecule has 0 amide bonds. The van der Waals surface area contributed by atoms with Gasteiger partial charge >= 0.3 is 5.97 Å². The zero-order chi connectivity index (χ0) is 9.14. The lowest BCUT2D eigenvalue weighted by Crippen LogP contribution is -2.15. The summed E-state index contributed by atoms with van der Waals surface area (Å²) in [5.74, 6) is -0.600. The van der Waals surface area contributed by atoms with E-state index in [0.29, 0.717) is 5.82 Å². The molecule has 1 heterocycles. The van der Waals surface area contributed by atoms with Crippen molar-refractivity contribution in [3.63, 3.8) is 0 Å². The van der Waals surface area contributed by atoms with Gasteiger partial charge in [-0.2, -0.15) is 0 Å². The van der Waals surface area contributed by atoms with Crippen LogP contribution in [0.5, 0.6) is 0 Å². The van der Waals surface area contributed by atoms with E-state index in [9.17, 15) is 4.79 Å². The maximum atomic E-state index is 10.6. The van der Waals surface area contributed by atoms with Gasteiger partial charge in [0.15, 0.2) is 0 Å². The fourth-order valence-corrected chi connectivity index (χ4v) is 0.830. The molecule has 5 nitrogen and oxygen atoms in total. The molecule has 1 aromatic rings. The van der Waals surface area contributed by atoms with Crippen LogP contribution in [0.2, 0.25) is 0 Å². The summed E-state index contributed by atoms with van der Waals surface area (Å²) in [4.78, 5) is 19.7. The number of hydrogen-bond acceptors (Lipinski definition) is 4. The summed E-state index contributed by atoms with van der Waals surface area (Å²) < 4.78 is 0. The van der Waals surface area contributed by atoms with Gasteiger partial charge in [0.1, 0.15) is 17.7 Å². The van der Waals surface area contributed by atoms with E-state index in [4.69, 9.17) is 5.11 Å². The number of hydrogen-bond donors (Lipinski definition) is 1. The lowest BCUT2D eigenvalue weighted by molar-refractivity contribution is 0.0696. The minimum absolute atomic E-state index is 0.113.